The van der Waals surface area contributed by atoms with Gasteiger partial charge in [-0.05, 0) is 50.7 Å². The van der Waals surface area contributed by atoms with Crippen LogP contribution in [0.3, 0.4) is 0 Å². The van der Waals surface area contributed by atoms with Gasteiger partial charge in [-0.3, -0.25) is 9.59 Å². The molecule has 4 nitrogen and oxygen atoms in total. The first kappa shape index (κ1) is 15.5. The molecule has 0 bridgehead atoms. The van der Waals surface area contributed by atoms with Gasteiger partial charge in [0, 0.05) is 29.3 Å². The van der Waals surface area contributed by atoms with Crippen molar-refractivity contribution in [3.8, 4) is 0 Å². The number of aliphatic carboxylic acids is 1. The zero-order chi connectivity index (χ0) is 15.7. The van der Waals surface area contributed by atoms with Gasteiger partial charge >= 0.3 is 5.97 Å². The summed E-state index contributed by atoms with van der Waals surface area (Å²) in [5.74, 6) is -0.420. The van der Waals surface area contributed by atoms with Gasteiger partial charge in [-0.2, -0.15) is 0 Å². The first-order valence-electron chi connectivity index (χ1n) is 8.08. The third kappa shape index (κ3) is 2.78. The first-order chi connectivity index (χ1) is 10.5. The maximum atomic E-state index is 12.4. The van der Waals surface area contributed by atoms with Crippen molar-refractivity contribution < 1.29 is 14.7 Å². The molecule has 2 aliphatic rings. The van der Waals surface area contributed by atoms with Crippen LogP contribution in [0.25, 0.3) is 0 Å². The van der Waals surface area contributed by atoms with E-state index in [0.29, 0.717) is 19.5 Å². The van der Waals surface area contributed by atoms with E-state index in [1.54, 1.807) is 16.2 Å². The Kier molecular flexibility index (Phi) is 4.26. The molecule has 1 aliphatic carbocycles. The summed E-state index contributed by atoms with van der Waals surface area (Å²) in [5, 5.41) is 9.56. The normalized spacial score (nSPS) is 27.1. The minimum absolute atomic E-state index is 0.128. The fourth-order valence-corrected chi connectivity index (χ4v) is 4.95. The summed E-state index contributed by atoms with van der Waals surface area (Å²) < 4.78 is 0. The predicted octanol–water partition coefficient (Wildman–Crippen LogP) is 3.09. The average molecular weight is 321 g/mol. The number of hydrogen-bond acceptors (Lipinski definition) is 3. The molecule has 22 heavy (non-hydrogen) atoms. The van der Waals surface area contributed by atoms with Gasteiger partial charge < -0.3 is 10.0 Å². The van der Waals surface area contributed by atoms with Crippen molar-refractivity contribution >= 4 is 23.2 Å². The fourth-order valence-electron chi connectivity index (χ4n) is 4.02. The van der Waals surface area contributed by atoms with Crippen LogP contribution in [0.5, 0.6) is 0 Å². The number of carboxylic acids is 1. The molecule has 0 radical (unpaired) electrons. The van der Waals surface area contributed by atoms with Crippen molar-refractivity contribution in [3.05, 3.63) is 21.9 Å². The van der Waals surface area contributed by atoms with Crippen LogP contribution in [0.4, 0.5) is 0 Å². The highest BCUT2D eigenvalue weighted by Gasteiger charge is 2.55. The van der Waals surface area contributed by atoms with Gasteiger partial charge in [-0.15, -0.1) is 11.3 Å². The lowest BCUT2D eigenvalue weighted by Crippen LogP contribution is -2.37. The Morgan fingerprint density at radius 1 is 1.45 bits per heavy atom. The summed E-state index contributed by atoms with van der Waals surface area (Å²) in [6, 6.07) is 4.24. The molecule has 1 aromatic heterocycles. The second-order valence-electron chi connectivity index (χ2n) is 6.69. The molecule has 0 spiro atoms. The van der Waals surface area contributed by atoms with Crippen LogP contribution in [0, 0.1) is 18.3 Å². The topological polar surface area (TPSA) is 57.6 Å². The molecule has 0 aromatic carbocycles. The van der Waals surface area contributed by atoms with Gasteiger partial charge in [0.15, 0.2) is 0 Å². The van der Waals surface area contributed by atoms with Crippen LogP contribution in [0.2, 0.25) is 0 Å². The molecule has 1 aliphatic heterocycles. The van der Waals surface area contributed by atoms with Gasteiger partial charge in [0.05, 0.1) is 5.41 Å². The summed E-state index contributed by atoms with van der Waals surface area (Å²) in [6.45, 7) is 3.15. The zero-order valence-electron chi connectivity index (χ0n) is 13.0. The molecule has 120 valence electrons. The van der Waals surface area contributed by atoms with Crippen molar-refractivity contribution in [2.24, 2.45) is 11.3 Å². The molecular formula is C17H23NO3S. The number of aryl methyl sites for hydroxylation is 2. The average Bonchev–Trinajstić information content (AvgIpc) is 3.12. The molecule has 1 N–H and O–H groups in total. The monoisotopic (exact) mass is 321 g/mol. The number of amides is 1. The summed E-state index contributed by atoms with van der Waals surface area (Å²) in [4.78, 5) is 28.4. The fraction of sp³-hybridized carbons (Fsp3) is 0.647. The van der Waals surface area contributed by atoms with E-state index in [-0.39, 0.29) is 11.8 Å². The number of carbonyl (C=O) groups excluding carboxylic acids is 1. The standard InChI is InChI=1S/C17H23NO3S/c1-12-7-8-14(22-12)5-2-6-15(19)18-10-13-4-3-9-17(13,11-18)16(20)21/h7-8,13H,2-6,9-11H2,1H3,(H,20,21)/t13-,17+/m0/s1. The van der Waals surface area contributed by atoms with E-state index in [0.717, 1.165) is 32.1 Å². The number of rotatable bonds is 5. The van der Waals surface area contributed by atoms with E-state index in [4.69, 9.17) is 0 Å². The number of likely N-dealkylation sites (tertiary alicyclic amines) is 1. The van der Waals surface area contributed by atoms with E-state index >= 15 is 0 Å². The third-order valence-corrected chi connectivity index (χ3v) is 6.32. The number of fused-ring (bicyclic) bond motifs is 1. The highest BCUT2D eigenvalue weighted by atomic mass is 32.1. The van der Waals surface area contributed by atoms with E-state index in [2.05, 4.69) is 19.1 Å². The van der Waals surface area contributed by atoms with Gasteiger partial charge in [-0.1, -0.05) is 6.42 Å². The number of nitrogens with zero attached hydrogens (tertiary/aromatic N) is 1. The Labute approximate surface area is 135 Å². The van der Waals surface area contributed by atoms with Crippen molar-refractivity contribution in [3.63, 3.8) is 0 Å². The minimum atomic E-state index is -0.709. The van der Waals surface area contributed by atoms with Crippen LogP contribution < -0.4 is 0 Å². The van der Waals surface area contributed by atoms with Crippen molar-refractivity contribution in [2.45, 2.75) is 45.4 Å². The van der Waals surface area contributed by atoms with Gasteiger partial charge in [0.1, 0.15) is 0 Å². The summed E-state index contributed by atoms with van der Waals surface area (Å²) in [5.41, 5.74) is -0.652. The summed E-state index contributed by atoms with van der Waals surface area (Å²) >= 11 is 1.79. The van der Waals surface area contributed by atoms with Gasteiger partial charge in [0.2, 0.25) is 5.91 Å². The van der Waals surface area contributed by atoms with E-state index in [1.165, 1.54) is 9.75 Å². The second kappa shape index (κ2) is 6.03. The van der Waals surface area contributed by atoms with Crippen LogP contribution in [-0.2, 0) is 16.0 Å². The minimum Gasteiger partial charge on any atom is -0.481 e. The Balaban J connectivity index is 1.52. The van der Waals surface area contributed by atoms with Crippen LogP contribution in [0.1, 0.15) is 41.9 Å². The molecule has 1 amide bonds. The SMILES string of the molecule is Cc1ccc(CCCC(=O)N2C[C@@H]3CCC[C@@]3(C(=O)O)C2)s1. The van der Waals surface area contributed by atoms with Crippen molar-refractivity contribution in [1.29, 1.82) is 0 Å². The van der Waals surface area contributed by atoms with Crippen LogP contribution in [-0.4, -0.2) is 35.0 Å². The largest absolute Gasteiger partial charge is 0.481 e. The molecule has 5 heteroatoms. The van der Waals surface area contributed by atoms with E-state index < -0.39 is 11.4 Å². The van der Waals surface area contributed by atoms with Gasteiger partial charge in [-0.25, -0.2) is 0 Å². The maximum Gasteiger partial charge on any atom is 0.311 e. The van der Waals surface area contributed by atoms with Crippen LogP contribution in [0.15, 0.2) is 12.1 Å². The van der Waals surface area contributed by atoms with Crippen molar-refractivity contribution in [1.82, 2.24) is 4.90 Å². The lowest BCUT2D eigenvalue weighted by Gasteiger charge is -2.23. The lowest BCUT2D eigenvalue weighted by molar-refractivity contribution is -0.149. The summed E-state index contributed by atoms with van der Waals surface area (Å²) in [6.07, 6.45) is 4.97. The summed E-state index contributed by atoms with van der Waals surface area (Å²) in [7, 11) is 0. The highest BCUT2D eigenvalue weighted by Crippen LogP contribution is 2.49. The van der Waals surface area contributed by atoms with Crippen LogP contribution >= 0.6 is 11.3 Å². The highest BCUT2D eigenvalue weighted by molar-refractivity contribution is 7.11. The first-order valence-corrected chi connectivity index (χ1v) is 8.89. The molecule has 1 saturated carbocycles. The molecule has 1 aromatic rings. The molecule has 2 fully saturated rings. The number of thiophene rings is 1. The van der Waals surface area contributed by atoms with E-state index in [1.807, 2.05) is 0 Å². The lowest BCUT2D eigenvalue weighted by atomic mass is 9.81. The molecular weight excluding hydrogens is 298 g/mol. The molecule has 2 atom stereocenters. The number of hydrogen-bond donors (Lipinski definition) is 1. The van der Waals surface area contributed by atoms with Crippen molar-refractivity contribution in [2.75, 3.05) is 13.1 Å². The zero-order valence-corrected chi connectivity index (χ0v) is 13.8. The number of carbonyl (C=O) groups is 2. The molecule has 0 unspecified atom stereocenters. The second-order valence-corrected chi connectivity index (χ2v) is 8.06. The van der Waals surface area contributed by atoms with E-state index in [9.17, 15) is 14.7 Å². The molecule has 1 saturated heterocycles. The quantitative estimate of drug-likeness (QED) is 0.906. The third-order valence-electron chi connectivity index (χ3n) is 5.26. The Morgan fingerprint density at radius 3 is 2.91 bits per heavy atom. The number of carboxylic acid groups (broad SMARTS) is 1. The Morgan fingerprint density at radius 2 is 2.27 bits per heavy atom. The predicted molar refractivity (Wildman–Crippen MR) is 86.0 cm³/mol. The Hall–Kier alpha value is -1.36. The van der Waals surface area contributed by atoms with Gasteiger partial charge in [0.25, 0.3) is 0 Å². The molecule has 2 heterocycles. The Bertz CT molecular complexity index is 582. The molecule has 3 rings (SSSR count). The smallest absolute Gasteiger partial charge is 0.311 e. The maximum absolute atomic E-state index is 12.4.